The first-order chi connectivity index (χ1) is 28.7. The van der Waals surface area contributed by atoms with Crippen LogP contribution in [-0.2, 0) is 47.7 Å². The number of pyridine rings is 1. The number of likely N-dealkylation sites (N-methyl/N-ethyl adjacent to an activating group) is 1. The van der Waals surface area contributed by atoms with Crippen LogP contribution in [0.3, 0.4) is 0 Å². The van der Waals surface area contributed by atoms with Crippen molar-refractivity contribution < 1.29 is 52.8 Å². The van der Waals surface area contributed by atoms with Crippen LogP contribution in [-0.4, -0.2) is 124 Å². The fraction of sp³-hybridized carbons (Fsp3) is 0.721. The molecule has 0 spiro atoms. The molecule has 61 heavy (non-hydrogen) atoms. The quantitative estimate of drug-likeness (QED) is 0.104. The van der Waals surface area contributed by atoms with E-state index in [2.05, 4.69) is 20.3 Å². The average Bonchev–Trinajstić information content (AvgIpc) is 3.83. The van der Waals surface area contributed by atoms with E-state index in [0.29, 0.717) is 28.6 Å². The predicted octanol–water partition coefficient (Wildman–Crippen LogP) is 4.51. The Labute approximate surface area is 362 Å². The van der Waals surface area contributed by atoms with Gasteiger partial charge in [0.15, 0.2) is 39.6 Å². The summed E-state index contributed by atoms with van der Waals surface area (Å²) in [6, 6.07) is 5.16. The minimum atomic E-state index is -1.58. The lowest BCUT2D eigenvalue weighted by molar-refractivity contribution is -0.295. The number of hydrogen-bond acceptors (Lipinski definition) is 17. The zero-order valence-corrected chi connectivity index (χ0v) is 38.2. The van der Waals surface area contributed by atoms with Crippen LogP contribution >= 0.6 is 11.3 Å². The molecule has 0 bridgehead atoms. The second kappa shape index (κ2) is 19.6. The van der Waals surface area contributed by atoms with Crippen molar-refractivity contribution in [2.24, 2.45) is 46.4 Å². The summed E-state index contributed by atoms with van der Waals surface area (Å²) in [6.45, 7) is 15.4. The number of aromatic nitrogens is 3. The Morgan fingerprint density at radius 2 is 1.75 bits per heavy atom. The van der Waals surface area contributed by atoms with Crippen molar-refractivity contribution >= 4 is 40.7 Å². The van der Waals surface area contributed by atoms with E-state index in [0.717, 1.165) is 0 Å². The summed E-state index contributed by atoms with van der Waals surface area (Å²) in [5.74, 6) is -8.86. The number of ketones is 2. The number of rotatable bonds is 11. The predicted molar refractivity (Wildman–Crippen MR) is 225 cm³/mol. The standard InChI is InChI=1S/C43H64N6O11S/c1-13-28(38-47-46-37(61-38)26-17-15-16-18-45-26)60-48-36(44)30-31-23(5)32(50)21(3)20-42(8,55-12)35(58-41-34(52)27(49(10)11)19-22(4)56-41)24(6)33(51)25(7)39(53)57-29(14-2)43(31,9)59-40(30)54/h15-18,21-25,27-31,34-35,41,52H,13-14,19-20H2,1-12H3,(H2,44,48)/t21-,22-,23-,24+,25-,27+,28?,29+,30-,31+,34-,35-,41?,42-,43-/m1/s1. The van der Waals surface area contributed by atoms with Crippen LogP contribution in [0.4, 0.5) is 0 Å². The lowest BCUT2D eigenvalue weighted by Crippen LogP contribution is -2.59. The zero-order chi connectivity index (χ0) is 45.1. The highest BCUT2D eigenvalue weighted by Crippen LogP contribution is 2.48. The Morgan fingerprint density at radius 1 is 1.05 bits per heavy atom. The van der Waals surface area contributed by atoms with Crippen molar-refractivity contribution in [2.75, 3.05) is 21.2 Å². The number of Topliss-reactive ketones (excluding diaryl/α,β-unsaturated/α-hetero) is 2. The maximum Gasteiger partial charge on any atom is 0.317 e. The van der Waals surface area contributed by atoms with E-state index >= 15 is 0 Å². The smallest absolute Gasteiger partial charge is 0.317 e. The number of esters is 2. The minimum Gasteiger partial charge on any atom is -0.458 e. The third-order valence-corrected chi connectivity index (χ3v) is 14.0. The fourth-order valence-corrected chi connectivity index (χ4v) is 10.3. The number of nitrogens with zero attached hydrogens (tertiary/aromatic N) is 5. The molecule has 0 aliphatic carbocycles. The lowest BCUT2D eigenvalue weighted by atomic mass is 9.67. The number of carbonyl (C=O) groups excluding carboxylic acids is 4. The summed E-state index contributed by atoms with van der Waals surface area (Å²) in [7, 11) is 5.17. The molecule has 3 fully saturated rings. The zero-order valence-electron chi connectivity index (χ0n) is 37.4. The van der Waals surface area contributed by atoms with Gasteiger partial charge in [0.1, 0.15) is 35.5 Å². The van der Waals surface area contributed by atoms with E-state index < -0.39 is 95.1 Å². The van der Waals surface area contributed by atoms with Gasteiger partial charge in [-0.05, 0) is 79.6 Å². The first-order valence-corrected chi connectivity index (χ1v) is 22.0. The van der Waals surface area contributed by atoms with Crippen molar-refractivity contribution in [1.82, 2.24) is 20.1 Å². The second-order valence-electron chi connectivity index (χ2n) is 17.5. The fourth-order valence-electron chi connectivity index (χ4n) is 9.38. The number of carbonyl (C=O) groups is 4. The van der Waals surface area contributed by atoms with E-state index in [4.69, 9.17) is 34.3 Å². The van der Waals surface area contributed by atoms with Gasteiger partial charge in [-0.25, -0.2) is 0 Å². The van der Waals surface area contributed by atoms with Gasteiger partial charge in [-0.15, -0.1) is 10.2 Å². The molecule has 0 radical (unpaired) electrons. The molecular weight excluding hydrogens is 809 g/mol. The molecule has 0 saturated carbocycles. The molecule has 17 nitrogen and oxygen atoms in total. The van der Waals surface area contributed by atoms with E-state index in [9.17, 15) is 24.3 Å². The van der Waals surface area contributed by atoms with Gasteiger partial charge in [-0.1, -0.05) is 57.2 Å². The number of aliphatic hydroxyl groups is 1. The first-order valence-electron chi connectivity index (χ1n) is 21.2. The van der Waals surface area contributed by atoms with Gasteiger partial charge in [-0.3, -0.25) is 24.2 Å². The molecule has 3 N–H and O–H groups in total. The molecule has 15 atom stereocenters. The number of oxime groups is 1. The van der Waals surface area contributed by atoms with Crippen LogP contribution in [0, 0.1) is 35.5 Å². The number of amidine groups is 1. The van der Waals surface area contributed by atoms with Crippen LogP contribution in [0.1, 0.15) is 99.1 Å². The molecule has 5 heterocycles. The van der Waals surface area contributed by atoms with Gasteiger partial charge >= 0.3 is 11.9 Å². The Bertz CT molecular complexity index is 1900. The SMILES string of the molecule is CCC(O/N=C(\N)[C@@H]1C(=O)O[C@@]2(C)[C@H]1[C@@H](C)C(=O)[C@H](C)C[C@@](C)(OC)[C@H](OC1O[C@H](C)C[C@H](N(C)C)[C@H]1O)[C@@H](C)C(=O)[C@@H](C)C(=O)O[C@H]2CC)c1nnc(-c2ccccn2)s1. The van der Waals surface area contributed by atoms with Gasteiger partial charge in [0.25, 0.3) is 0 Å². The molecule has 2 aromatic rings. The van der Waals surface area contributed by atoms with Crippen molar-refractivity contribution in [3.05, 3.63) is 29.4 Å². The van der Waals surface area contributed by atoms with Crippen LogP contribution in [0.15, 0.2) is 29.6 Å². The van der Waals surface area contributed by atoms with E-state index in [1.165, 1.54) is 25.4 Å². The number of hydrogen-bond donors (Lipinski definition) is 2. The Hall–Kier alpha value is -3.94. The van der Waals surface area contributed by atoms with Crippen LogP contribution in [0.2, 0.25) is 0 Å². The number of nitrogens with two attached hydrogens (primary N) is 1. The molecule has 5 rings (SSSR count). The van der Waals surface area contributed by atoms with E-state index in [1.807, 2.05) is 45.0 Å². The van der Waals surface area contributed by atoms with Crippen LogP contribution in [0.25, 0.3) is 10.7 Å². The number of methoxy groups -OCH3 is 1. The van der Waals surface area contributed by atoms with Crippen LogP contribution < -0.4 is 5.73 Å². The Balaban J connectivity index is 1.52. The van der Waals surface area contributed by atoms with Crippen LogP contribution in [0.5, 0.6) is 0 Å². The first kappa shape index (κ1) is 48.1. The molecule has 3 saturated heterocycles. The topological polar surface area (TPSA) is 224 Å². The number of aliphatic hydroxyl groups excluding tert-OH is 1. The molecule has 18 heteroatoms. The van der Waals surface area contributed by atoms with Gasteiger partial charge in [0.2, 0.25) is 0 Å². The number of ether oxygens (including phenoxy) is 5. The third-order valence-electron chi connectivity index (χ3n) is 12.9. The molecule has 0 amide bonds. The largest absolute Gasteiger partial charge is 0.458 e. The third kappa shape index (κ3) is 9.84. The number of cyclic esters (lactones) is 1. The molecule has 2 unspecified atom stereocenters. The highest BCUT2D eigenvalue weighted by atomic mass is 32.1. The van der Waals surface area contributed by atoms with Gasteiger partial charge in [0.05, 0.1) is 17.8 Å². The summed E-state index contributed by atoms with van der Waals surface area (Å²) in [6.07, 6.45) is -2.54. The summed E-state index contributed by atoms with van der Waals surface area (Å²) in [4.78, 5) is 69.5. The average molecular weight is 873 g/mol. The summed E-state index contributed by atoms with van der Waals surface area (Å²) < 4.78 is 31.1. The highest BCUT2D eigenvalue weighted by molar-refractivity contribution is 7.14. The maximum absolute atomic E-state index is 14.8. The molecule has 0 aromatic carbocycles. The Morgan fingerprint density at radius 3 is 2.36 bits per heavy atom. The monoisotopic (exact) mass is 872 g/mol. The molecule has 3 aliphatic heterocycles. The molecular formula is C43H64N6O11S. The summed E-state index contributed by atoms with van der Waals surface area (Å²) >= 11 is 1.29. The molecule has 338 valence electrons. The van der Waals surface area contributed by atoms with Crippen molar-refractivity contribution in [3.8, 4) is 10.7 Å². The molecule has 3 aliphatic rings. The van der Waals surface area contributed by atoms with Crippen molar-refractivity contribution in [1.29, 1.82) is 0 Å². The second-order valence-corrected chi connectivity index (χ2v) is 18.5. The lowest BCUT2D eigenvalue weighted by Gasteiger charge is -2.47. The summed E-state index contributed by atoms with van der Waals surface area (Å²) in [5.41, 5.74) is 4.39. The highest BCUT2D eigenvalue weighted by Gasteiger charge is 2.63. The maximum atomic E-state index is 14.8. The van der Waals surface area contributed by atoms with Crippen molar-refractivity contribution in [2.45, 2.75) is 142 Å². The van der Waals surface area contributed by atoms with E-state index in [1.54, 1.807) is 53.8 Å². The number of fused-ring (bicyclic) bond motifs is 1. The summed E-state index contributed by atoms with van der Waals surface area (Å²) in [5, 5.41) is 25.4. The minimum absolute atomic E-state index is 0.0522. The van der Waals surface area contributed by atoms with E-state index in [-0.39, 0.29) is 36.6 Å². The Kier molecular flexibility index (Phi) is 15.5. The van der Waals surface area contributed by atoms with Gasteiger partial charge < -0.3 is 44.3 Å². The van der Waals surface area contributed by atoms with Gasteiger partial charge in [-0.2, -0.15) is 0 Å². The van der Waals surface area contributed by atoms with Gasteiger partial charge in [0, 0.05) is 43.0 Å². The van der Waals surface area contributed by atoms with Crippen molar-refractivity contribution in [3.63, 3.8) is 0 Å². The molecule has 2 aromatic heterocycles. The normalized spacial score (nSPS) is 37.4.